The monoisotopic (exact) mass is 361 g/mol. The number of rotatable bonds is 4. The number of nitrogens with one attached hydrogen (secondary N) is 1. The molecule has 0 spiro atoms. The first kappa shape index (κ1) is 18.0. The standard InChI is InChI=1S/C20H18F3NO2/c1-13(15-5-8-18-16(12-15)10-11-26-18)24-19(25)9-4-14-2-6-17(7-3-14)20(21,22)23/h2-9,12-13H,10-11H2,1H3,(H,24,25)/b9-4+. The molecule has 0 saturated carbocycles. The van der Waals surface area contributed by atoms with E-state index in [4.69, 9.17) is 4.74 Å². The highest BCUT2D eigenvalue weighted by Gasteiger charge is 2.29. The third-order valence-corrected chi connectivity index (χ3v) is 4.24. The lowest BCUT2D eigenvalue weighted by molar-refractivity contribution is -0.137. The minimum absolute atomic E-state index is 0.189. The predicted molar refractivity (Wildman–Crippen MR) is 92.7 cm³/mol. The van der Waals surface area contributed by atoms with Gasteiger partial charge in [0.25, 0.3) is 0 Å². The van der Waals surface area contributed by atoms with Crippen LogP contribution in [-0.2, 0) is 17.4 Å². The minimum atomic E-state index is -4.37. The van der Waals surface area contributed by atoms with E-state index in [0.29, 0.717) is 12.2 Å². The molecule has 0 saturated heterocycles. The van der Waals surface area contributed by atoms with Gasteiger partial charge in [-0.15, -0.1) is 0 Å². The van der Waals surface area contributed by atoms with Crippen LogP contribution in [0.15, 0.2) is 48.5 Å². The lowest BCUT2D eigenvalue weighted by atomic mass is 10.0. The van der Waals surface area contributed by atoms with Gasteiger partial charge in [0.1, 0.15) is 5.75 Å². The molecule has 0 bridgehead atoms. The van der Waals surface area contributed by atoms with Gasteiger partial charge in [-0.2, -0.15) is 13.2 Å². The zero-order valence-electron chi connectivity index (χ0n) is 14.1. The number of benzene rings is 2. The van der Waals surface area contributed by atoms with Crippen molar-refractivity contribution in [3.8, 4) is 5.75 Å². The van der Waals surface area contributed by atoms with Crippen LogP contribution >= 0.6 is 0 Å². The first-order valence-electron chi connectivity index (χ1n) is 8.24. The number of fused-ring (bicyclic) bond motifs is 1. The SMILES string of the molecule is CC(NC(=O)/C=C/c1ccc(C(F)(F)F)cc1)c1ccc2c(c1)CCO2. The highest BCUT2D eigenvalue weighted by atomic mass is 19.4. The summed E-state index contributed by atoms with van der Waals surface area (Å²) in [7, 11) is 0. The maximum Gasteiger partial charge on any atom is 0.416 e. The Morgan fingerprint density at radius 3 is 2.62 bits per heavy atom. The van der Waals surface area contributed by atoms with Crippen LogP contribution < -0.4 is 10.1 Å². The Balaban J connectivity index is 1.60. The lowest BCUT2D eigenvalue weighted by Crippen LogP contribution is -2.24. The van der Waals surface area contributed by atoms with Crippen LogP contribution in [0.25, 0.3) is 6.08 Å². The molecule has 1 heterocycles. The summed E-state index contributed by atoms with van der Waals surface area (Å²) in [4.78, 5) is 12.1. The van der Waals surface area contributed by atoms with E-state index in [9.17, 15) is 18.0 Å². The molecule has 26 heavy (non-hydrogen) atoms. The number of alkyl halides is 3. The second-order valence-corrected chi connectivity index (χ2v) is 6.15. The summed E-state index contributed by atoms with van der Waals surface area (Å²) in [5.41, 5.74) is 1.92. The zero-order chi connectivity index (χ0) is 18.7. The molecule has 1 N–H and O–H groups in total. The number of amides is 1. The predicted octanol–water partition coefficient (Wildman–Crippen LogP) is 4.53. The summed E-state index contributed by atoms with van der Waals surface area (Å²) in [5.74, 6) is 0.573. The Hall–Kier alpha value is -2.76. The topological polar surface area (TPSA) is 38.3 Å². The molecule has 3 nitrogen and oxygen atoms in total. The van der Waals surface area contributed by atoms with Crippen molar-refractivity contribution in [2.24, 2.45) is 0 Å². The molecule has 136 valence electrons. The third kappa shape index (κ3) is 4.25. The van der Waals surface area contributed by atoms with E-state index >= 15 is 0 Å². The van der Waals surface area contributed by atoms with E-state index in [2.05, 4.69) is 5.32 Å². The summed E-state index contributed by atoms with van der Waals surface area (Å²) in [5, 5.41) is 2.85. The van der Waals surface area contributed by atoms with Crippen LogP contribution in [0.1, 0.15) is 35.2 Å². The van der Waals surface area contributed by atoms with E-state index < -0.39 is 11.7 Å². The third-order valence-electron chi connectivity index (χ3n) is 4.24. The number of carbonyl (C=O) groups excluding carboxylic acids is 1. The summed E-state index contributed by atoms with van der Waals surface area (Å²) in [6.45, 7) is 2.55. The van der Waals surface area contributed by atoms with Crippen molar-refractivity contribution < 1.29 is 22.7 Å². The van der Waals surface area contributed by atoms with Crippen LogP contribution in [0.5, 0.6) is 5.75 Å². The fourth-order valence-electron chi connectivity index (χ4n) is 2.78. The molecule has 6 heteroatoms. The van der Waals surface area contributed by atoms with Gasteiger partial charge in [0.2, 0.25) is 5.91 Å². The molecule has 1 aliphatic heterocycles. The summed E-state index contributed by atoms with van der Waals surface area (Å²) >= 11 is 0. The van der Waals surface area contributed by atoms with Crippen LogP contribution in [0.4, 0.5) is 13.2 Å². The molecule has 2 aromatic carbocycles. The summed E-state index contributed by atoms with van der Waals surface area (Å²) < 4.78 is 43.1. The minimum Gasteiger partial charge on any atom is -0.493 e. The van der Waals surface area contributed by atoms with Crippen molar-refractivity contribution in [2.45, 2.75) is 25.6 Å². The van der Waals surface area contributed by atoms with Gasteiger partial charge in [0.15, 0.2) is 0 Å². The van der Waals surface area contributed by atoms with Gasteiger partial charge in [-0.05, 0) is 54.0 Å². The van der Waals surface area contributed by atoms with E-state index in [1.165, 1.54) is 24.3 Å². The van der Waals surface area contributed by atoms with E-state index in [-0.39, 0.29) is 11.9 Å². The Morgan fingerprint density at radius 2 is 1.92 bits per heavy atom. The van der Waals surface area contributed by atoms with Crippen molar-refractivity contribution in [3.05, 3.63) is 70.8 Å². The van der Waals surface area contributed by atoms with Gasteiger partial charge < -0.3 is 10.1 Å². The van der Waals surface area contributed by atoms with Gasteiger partial charge in [0, 0.05) is 12.5 Å². The second kappa shape index (κ2) is 7.23. The smallest absolute Gasteiger partial charge is 0.416 e. The Bertz CT molecular complexity index is 826. The molecule has 1 aliphatic rings. The number of hydrogen-bond acceptors (Lipinski definition) is 2. The number of carbonyl (C=O) groups is 1. The average molecular weight is 361 g/mol. The fraction of sp³-hybridized carbons (Fsp3) is 0.250. The molecular formula is C20H18F3NO2. The number of halogens is 3. The van der Waals surface area contributed by atoms with Crippen molar-refractivity contribution in [1.29, 1.82) is 0 Å². The van der Waals surface area contributed by atoms with Gasteiger partial charge in [0.05, 0.1) is 18.2 Å². The first-order valence-corrected chi connectivity index (χ1v) is 8.24. The molecule has 3 rings (SSSR count). The summed E-state index contributed by atoms with van der Waals surface area (Å²) in [6.07, 6.45) is -0.706. The summed E-state index contributed by atoms with van der Waals surface area (Å²) in [6, 6.07) is 10.3. The molecule has 1 amide bonds. The van der Waals surface area contributed by atoms with Crippen LogP contribution in [0.2, 0.25) is 0 Å². The molecule has 0 radical (unpaired) electrons. The molecule has 2 aromatic rings. The van der Waals surface area contributed by atoms with Crippen molar-refractivity contribution >= 4 is 12.0 Å². The molecule has 0 aliphatic carbocycles. The van der Waals surface area contributed by atoms with Crippen LogP contribution in [0, 0.1) is 0 Å². The first-order chi connectivity index (χ1) is 12.3. The van der Waals surface area contributed by atoms with E-state index in [0.717, 1.165) is 35.4 Å². The molecule has 0 fully saturated rings. The Kier molecular flexibility index (Phi) is 5.02. The van der Waals surface area contributed by atoms with Gasteiger partial charge >= 0.3 is 6.18 Å². The van der Waals surface area contributed by atoms with Gasteiger partial charge in [-0.25, -0.2) is 0 Å². The maximum atomic E-state index is 12.5. The van der Waals surface area contributed by atoms with Crippen LogP contribution in [-0.4, -0.2) is 12.5 Å². The lowest BCUT2D eigenvalue weighted by Gasteiger charge is -2.14. The number of hydrogen-bond donors (Lipinski definition) is 1. The highest BCUT2D eigenvalue weighted by molar-refractivity contribution is 5.92. The zero-order valence-corrected chi connectivity index (χ0v) is 14.1. The largest absolute Gasteiger partial charge is 0.493 e. The quantitative estimate of drug-likeness (QED) is 0.813. The molecular weight excluding hydrogens is 343 g/mol. The maximum absolute atomic E-state index is 12.5. The molecule has 1 atom stereocenters. The average Bonchev–Trinajstić information content (AvgIpc) is 3.07. The second-order valence-electron chi connectivity index (χ2n) is 6.15. The van der Waals surface area contributed by atoms with E-state index in [1.54, 1.807) is 0 Å². The van der Waals surface area contributed by atoms with Crippen molar-refractivity contribution in [1.82, 2.24) is 5.32 Å². The van der Waals surface area contributed by atoms with Gasteiger partial charge in [-0.3, -0.25) is 4.79 Å². The van der Waals surface area contributed by atoms with Gasteiger partial charge in [-0.1, -0.05) is 18.2 Å². The Morgan fingerprint density at radius 1 is 1.19 bits per heavy atom. The fourth-order valence-corrected chi connectivity index (χ4v) is 2.78. The molecule has 1 unspecified atom stereocenters. The number of ether oxygens (including phenoxy) is 1. The van der Waals surface area contributed by atoms with Crippen LogP contribution in [0.3, 0.4) is 0 Å². The molecule has 0 aromatic heterocycles. The van der Waals surface area contributed by atoms with Crippen molar-refractivity contribution in [3.63, 3.8) is 0 Å². The van der Waals surface area contributed by atoms with E-state index in [1.807, 2.05) is 25.1 Å². The van der Waals surface area contributed by atoms with Crippen molar-refractivity contribution in [2.75, 3.05) is 6.61 Å². The normalized spacial score (nSPS) is 14.8. The highest BCUT2D eigenvalue weighted by Crippen LogP contribution is 2.29. The Labute approximate surface area is 149 Å².